The number of carbonyl (C=O) groups is 1. The Morgan fingerprint density at radius 1 is 1.25 bits per heavy atom. The van der Waals surface area contributed by atoms with E-state index in [-0.39, 0.29) is 11.3 Å². The fourth-order valence-corrected chi connectivity index (χ4v) is 3.24. The van der Waals surface area contributed by atoms with Crippen molar-refractivity contribution in [1.82, 2.24) is 10.3 Å². The topological polar surface area (TPSA) is 60.5 Å². The van der Waals surface area contributed by atoms with E-state index in [1.165, 1.54) is 7.11 Å². The van der Waals surface area contributed by atoms with Crippen molar-refractivity contribution in [2.75, 3.05) is 20.8 Å². The Balaban J connectivity index is 1.98. The van der Waals surface area contributed by atoms with Gasteiger partial charge in [-0.15, -0.1) is 11.3 Å². The van der Waals surface area contributed by atoms with E-state index < -0.39 is 0 Å². The van der Waals surface area contributed by atoms with Crippen LogP contribution in [0.3, 0.4) is 0 Å². The lowest BCUT2D eigenvalue weighted by molar-refractivity contribution is 0.0950. The Labute approximate surface area is 147 Å². The number of aromatic nitrogens is 1. The van der Waals surface area contributed by atoms with Crippen LogP contribution < -0.4 is 14.8 Å². The van der Waals surface area contributed by atoms with Crippen molar-refractivity contribution in [1.29, 1.82) is 0 Å². The van der Waals surface area contributed by atoms with E-state index in [1.807, 2.05) is 0 Å². The van der Waals surface area contributed by atoms with Gasteiger partial charge in [0.1, 0.15) is 0 Å². The van der Waals surface area contributed by atoms with E-state index in [2.05, 4.69) is 36.5 Å². The van der Waals surface area contributed by atoms with Crippen molar-refractivity contribution in [3.63, 3.8) is 0 Å². The second kappa shape index (κ2) is 7.66. The van der Waals surface area contributed by atoms with Crippen molar-refractivity contribution in [2.45, 2.75) is 32.6 Å². The largest absolute Gasteiger partial charge is 0.493 e. The molecule has 1 amide bonds. The lowest BCUT2D eigenvalue weighted by Gasteiger charge is -2.14. The van der Waals surface area contributed by atoms with Crippen LogP contribution in [0.1, 0.15) is 41.8 Å². The Kier molecular flexibility index (Phi) is 5.83. The molecular weight excluding hydrogens is 324 g/mol. The number of para-hydroxylation sites is 1. The van der Waals surface area contributed by atoms with Crippen LogP contribution >= 0.6 is 11.3 Å². The molecule has 0 saturated carbocycles. The summed E-state index contributed by atoms with van der Waals surface area (Å²) in [5.41, 5.74) is 1.60. The second-order valence-electron chi connectivity index (χ2n) is 6.42. The number of thiazole rings is 1. The minimum atomic E-state index is -0.182. The van der Waals surface area contributed by atoms with Gasteiger partial charge >= 0.3 is 0 Å². The van der Waals surface area contributed by atoms with E-state index >= 15 is 0 Å². The lowest BCUT2D eigenvalue weighted by atomic mass is 9.93. The maximum absolute atomic E-state index is 12.4. The first-order valence-corrected chi connectivity index (χ1v) is 8.69. The fraction of sp³-hybridized carbons (Fsp3) is 0.444. The smallest absolute Gasteiger partial charge is 0.255 e. The van der Waals surface area contributed by atoms with Crippen LogP contribution in [0, 0.1) is 0 Å². The molecule has 24 heavy (non-hydrogen) atoms. The molecule has 1 heterocycles. The van der Waals surface area contributed by atoms with Gasteiger partial charge in [0.2, 0.25) is 0 Å². The quantitative estimate of drug-likeness (QED) is 0.869. The first kappa shape index (κ1) is 18.3. The van der Waals surface area contributed by atoms with Crippen LogP contribution in [-0.4, -0.2) is 31.7 Å². The van der Waals surface area contributed by atoms with Crippen LogP contribution in [0.4, 0.5) is 0 Å². The van der Waals surface area contributed by atoms with Gasteiger partial charge in [0.15, 0.2) is 11.5 Å². The number of hydrogen-bond donors (Lipinski definition) is 1. The van der Waals surface area contributed by atoms with Gasteiger partial charge in [-0.05, 0) is 12.1 Å². The summed E-state index contributed by atoms with van der Waals surface area (Å²) >= 11 is 1.63. The zero-order valence-corrected chi connectivity index (χ0v) is 15.6. The molecule has 0 saturated heterocycles. The molecule has 5 nitrogen and oxygen atoms in total. The maximum Gasteiger partial charge on any atom is 0.255 e. The lowest BCUT2D eigenvalue weighted by Crippen LogP contribution is -2.26. The van der Waals surface area contributed by atoms with Crippen molar-refractivity contribution in [2.24, 2.45) is 0 Å². The first-order valence-electron chi connectivity index (χ1n) is 7.81. The average Bonchev–Trinajstić information content (AvgIpc) is 3.03. The van der Waals surface area contributed by atoms with Gasteiger partial charge < -0.3 is 14.8 Å². The van der Waals surface area contributed by atoms with E-state index in [1.54, 1.807) is 36.6 Å². The normalized spacial score (nSPS) is 11.2. The molecule has 1 aromatic carbocycles. The maximum atomic E-state index is 12.4. The highest BCUT2D eigenvalue weighted by atomic mass is 32.1. The molecule has 2 aromatic rings. The third-order valence-electron chi connectivity index (χ3n) is 3.59. The monoisotopic (exact) mass is 348 g/mol. The predicted octanol–water partition coefficient (Wildman–Crippen LogP) is 3.43. The molecule has 6 heteroatoms. The van der Waals surface area contributed by atoms with Crippen molar-refractivity contribution >= 4 is 17.2 Å². The highest BCUT2D eigenvalue weighted by Crippen LogP contribution is 2.30. The number of nitrogens with zero attached hydrogens (tertiary/aromatic N) is 1. The van der Waals surface area contributed by atoms with Gasteiger partial charge in [-0.2, -0.15) is 0 Å². The van der Waals surface area contributed by atoms with Crippen LogP contribution in [0.15, 0.2) is 23.6 Å². The molecule has 1 N–H and O–H groups in total. The van der Waals surface area contributed by atoms with E-state index in [0.717, 1.165) is 10.7 Å². The number of carbonyl (C=O) groups excluding carboxylic acids is 1. The summed E-state index contributed by atoms with van der Waals surface area (Å²) in [4.78, 5) is 17.0. The zero-order valence-electron chi connectivity index (χ0n) is 14.8. The summed E-state index contributed by atoms with van der Waals surface area (Å²) in [6.45, 7) is 6.95. The summed E-state index contributed by atoms with van der Waals surface area (Å²) in [7, 11) is 3.08. The number of rotatable bonds is 6. The molecule has 1 aromatic heterocycles. The number of methoxy groups -OCH3 is 2. The third-order valence-corrected chi connectivity index (χ3v) is 4.50. The highest BCUT2D eigenvalue weighted by molar-refractivity contribution is 7.09. The summed E-state index contributed by atoms with van der Waals surface area (Å²) in [5.74, 6) is 0.806. The first-order chi connectivity index (χ1) is 11.4. The standard InChI is InChI=1S/C18H24N2O3S/c1-18(2,3)14-11-24-15(20-14)9-10-19-17(21)12-7-6-8-13(22-4)16(12)23-5/h6-8,11H,9-10H2,1-5H3,(H,19,21). The third kappa shape index (κ3) is 4.26. The van der Waals surface area contributed by atoms with Gasteiger partial charge in [-0.25, -0.2) is 4.98 Å². The van der Waals surface area contributed by atoms with Crippen LogP contribution in [0.25, 0.3) is 0 Å². The minimum Gasteiger partial charge on any atom is -0.493 e. The van der Waals surface area contributed by atoms with Gasteiger partial charge in [-0.3, -0.25) is 4.79 Å². The van der Waals surface area contributed by atoms with Gasteiger partial charge in [0, 0.05) is 23.8 Å². The number of amides is 1. The van der Waals surface area contributed by atoms with Crippen molar-refractivity contribution < 1.29 is 14.3 Å². The number of ether oxygens (including phenoxy) is 2. The minimum absolute atomic E-state index is 0.0476. The van der Waals surface area contributed by atoms with Crippen LogP contribution in [0.5, 0.6) is 11.5 Å². The molecular formula is C18H24N2O3S. The van der Waals surface area contributed by atoms with Crippen molar-refractivity contribution in [3.05, 3.63) is 39.8 Å². The molecule has 0 unspecified atom stereocenters. The number of benzene rings is 1. The molecule has 2 rings (SSSR count). The van der Waals surface area contributed by atoms with Gasteiger partial charge in [0.25, 0.3) is 5.91 Å². The summed E-state index contributed by atoms with van der Waals surface area (Å²) < 4.78 is 10.5. The summed E-state index contributed by atoms with van der Waals surface area (Å²) in [5, 5.41) is 6.02. The summed E-state index contributed by atoms with van der Waals surface area (Å²) in [6, 6.07) is 5.25. The molecule has 130 valence electrons. The molecule has 0 radical (unpaired) electrons. The molecule has 0 aliphatic heterocycles. The van der Waals surface area contributed by atoms with Crippen LogP contribution in [-0.2, 0) is 11.8 Å². The summed E-state index contributed by atoms with van der Waals surface area (Å²) in [6.07, 6.45) is 0.707. The van der Waals surface area contributed by atoms with Gasteiger partial charge in [0.05, 0.1) is 30.5 Å². The van der Waals surface area contributed by atoms with Crippen LogP contribution in [0.2, 0.25) is 0 Å². The fourth-order valence-electron chi connectivity index (χ4n) is 2.21. The Morgan fingerprint density at radius 3 is 2.58 bits per heavy atom. The number of nitrogens with one attached hydrogen (secondary N) is 1. The molecule has 0 atom stereocenters. The molecule has 0 fully saturated rings. The van der Waals surface area contributed by atoms with E-state index in [9.17, 15) is 4.79 Å². The zero-order chi connectivity index (χ0) is 17.7. The van der Waals surface area contributed by atoms with Crippen molar-refractivity contribution in [3.8, 4) is 11.5 Å². The predicted molar refractivity (Wildman–Crippen MR) is 96.4 cm³/mol. The second-order valence-corrected chi connectivity index (χ2v) is 7.37. The SMILES string of the molecule is COc1cccc(C(=O)NCCc2nc(C(C)(C)C)cs2)c1OC. The molecule has 0 spiro atoms. The Hall–Kier alpha value is -2.08. The van der Waals surface area contributed by atoms with Gasteiger partial charge in [-0.1, -0.05) is 26.8 Å². The Bertz CT molecular complexity index is 705. The Morgan fingerprint density at radius 2 is 2.00 bits per heavy atom. The average molecular weight is 348 g/mol. The molecule has 0 aliphatic carbocycles. The van der Waals surface area contributed by atoms with E-state index in [0.29, 0.717) is 30.0 Å². The molecule has 0 bridgehead atoms. The number of hydrogen-bond acceptors (Lipinski definition) is 5. The highest BCUT2D eigenvalue weighted by Gasteiger charge is 2.18. The van der Waals surface area contributed by atoms with E-state index in [4.69, 9.17) is 9.47 Å². The molecule has 0 aliphatic rings.